The molecule has 0 spiro atoms. The molecular formula is C17H17Cl2NO4S. The number of carbonyl (C=O) groups excluding carboxylic acids is 1. The highest BCUT2D eigenvalue weighted by molar-refractivity contribution is 7.89. The first-order chi connectivity index (χ1) is 11.8. The Kier molecular flexibility index (Phi) is 6.46. The summed E-state index contributed by atoms with van der Waals surface area (Å²) in [5, 5.41) is -0.0145. The lowest BCUT2D eigenvalue weighted by Crippen LogP contribution is -2.36. The van der Waals surface area contributed by atoms with Gasteiger partial charge in [-0.25, -0.2) is 8.42 Å². The van der Waals surface area contributed by atoms with Crippen LogP contribution in [0.25, 0.3) is 0 Å². The first-order valence-corrected chi connectivity index (χ1v) is 9.52. The van der Waals surface area contributed by atoms with Crippen molar-refractivity contribution in [2.75, 3.05) is 13.7 Å². The number of hydrogen-bond acceptors (Lipinski definition) is 4. The molecule has 2 rings (SSSR count). The number of methoxy groups -OCH3 is 1. The molecule has 8 heteroatoms. The zero-order valence-electron chi connectivity index (χ0n) is 13.7. The van der Waals surface area contributed by atoms with Crippen LogP contribution in [0.1, 0.15) is 11.1 Å². The third-order valence-corrected chi connectivity index (χ3v) is 6.41. The van der Waals surface area contributed by atoms with Crippen molar-refractivity contribution >= 4 is 39.2 Å². The summed E-state index contributed by atoms with van der Waals surface area (Å²) < 4.78 is 31.8. The lowest BCUT2D eigenvalue weighted by Gasteiger charge is -2.23. The van der Waals surface area contributed by atoms with Crippen LogP contribution >= 0.6 is 23.2 Å². The Labute approximate surface area is 157 Å². The van der Waals surface area contributed by atoms with E-state index in [0.717, 1.165) is 15.4 Å². The average Bonchev–Trinajstić information content (AvgIpc) is 2.55. The maximum atomic E-state index is 13.1. The Bertz CT molecular complexity index is 864. The molecule has 0 aliphatic heterocycles. The fourth-order valence-electron chi connectivity index (χ4n) is 2.27. The zero-order valence-corrected chi connectivity index (χ0v) is 16.0. The Balaban J connectivity index is 2.51. The van der Waals surface area contributed by atoms with E-state index in [4.69, 9.17) is 23.2 Å². The molecule has 0 aliphatic rings. The molecule has 0 amide bonds. The normalized spacial score (nSPS) is 11.6. The number of carbonyl (C=O) groups is 1. The van der Waals surface area contributed by atoms with Gasteiger partial charge in [-0.1, -0.05) is 53.5 Å². The Morgan fingerprint density at radius 1 is 1.08 bits per heavy atom. The standard InChI is InChI=1S/C17H17Cl2NO4S/c1-12-6-3-4-7-13(12)10-20(11-16(21)24-2)25(22,23)17-14(18)8-5-9-15(17)19/h3-9H,10-11H2,1-2H3. The summed E-state index contributed by atoms with van der Waals surface area (Å²) >= 11 is 12.1. The highest BCUT2D eigenvalue weighted by Crippen LogP contribution is 2.32. The van der Waals surface area contributed by atoms with Crippen LogP contribution < -0.4 is 0 Å². The lowest BCUT2D eigenvalue weighted by molar-refractivity contribution is -0.140. The molecule has 2 aromatic rings. The van der Waals surface area contributed by atoms with Crippen molar-refractivity contribution < 1.29 is 17.9 Å². The van der Waals surface area contributed by atoms with E-state index in [9.17, 15) is 13.2 Å². The summed E-state index contributed by atoms with van der Waals surface area (Å²) in [6.45, 7) is 1.40. The van der Waals surface area contributed by atoms with E-state index >= 15 is 0 Å². The van der Waals surface area contributed by atoms with Gasteiger partial charge in [-0.15, -0.1) is 0 Å². The van der Waals surface area contributed by atoms with Gasteiger partial charge in [0.25, 0.3) is 0 Å². The summed E-state index contributed by atoms with van der Waals surface area (Å²) in [6, 6.07) is 11.7. The van der Waals surface area contributed by atoms with Gasteiger partial charge < -0.3 is 4.74 Å². The number of esters is 1. The topological polar surface area (TPSA) is 63.7 Å². The summed E-state index contributed by atoms with van der Waals surface area (Å²) in [5.74, 6) is -0.680. The second kappa shape index (κ2) is 8.19. The highest BCUT2D eigenvalue weighted by Gasteiger charge is 2.31. The van der Waals surface area contributed by atoms with Crippen molar-refractivity contribution in [3.8, 4) is 0 Å². The van der Waals surface area contributed by atoms with Crippen LogP contribution in [0.3, 0.4) is 0 Å². The van der Waals surface area contributed by atoms with Gasteiger partial charge in [0.1, 0.15) is 11.4 Å². The zero-order chi connectivity index (χ0) is 18.6. The fourth-order valence-corrected chi connectivity index (χ4v) is 4.72. The molecule has 0 saturated heterocycles. The van der Waals surface area contributed by atoms with Gasteiger partial charge in [0.15, 0.2) is 0 Å². The van der Waals surface area contributed by atoms with Gasteiger partial charge in [-0.2, -0.15) is 4.31 Å². The molecule has 25 heavy (non-hydrogen) atoms. The predicted molar refractivity (Wildman–Crippen MR) is 97.3 cm³/mol. The van der Waals surface area contributed by atoms with Crippen molar-refractivity contribution in [2.45, 2.75) is 18.4 Å². The van der Waals surface area contributed by atoms with Crippen LogP contribution in [0.4, 0.5) is 0 Å². The summed E-state index contributed by atoms with van der Waals surface area (Å²) in [4.78, 5) is 11.5. The Morgan fingerprint density at radius 2 is 1.68 bits per heavy atom. The van der Waals surface area contributed by atoms with Gasteiger partial charge in [0, 0.05) is 6.54 Å². The molecule has 5 nitrogen and oxygen atoms in total. The van der Waals surface area contributed by atoms with E-state index in [1.807, 2.05) is 19.1 Å². The Hall–Kier alpha value is -1.60. The van der Waals surface area contributed by atoms with Crippen LogP contribution in [0.5, 0.6) is 0 Å². The monoisotopic (exact) mass is 401 g/mol. The van der Waals surface area contributed by atoms with Crippen LogP contribution in [-0.2, 0) is 26.1 Å². The van der Waals surface area contributed by atoms with E-state index in [1.165, 1.54) is 19.2 Å². The van der Waals surface area contributed by atoms with Gasteiger partial charge in [-0.3, -0.25) is 4.79 Å². The number of sulfonamides is 1. The molecule has 0 bridgehead atoms. The average molecular weight is 402 g/mol. The molecule has 0 radical (unpaired) electrons. The van der Waals surface area contributed by atoms with Crippen molar-refractivity contribution in [3.05, 3.63) is 63.6 Å². The molecule has 0 unspecified atom stereocenters. The highest BCUT2D eigenvalue weighted by atomic mass is 35.5. The molecule has 0 atom stereocenters. The smallest absolute Gasteiger partial charge is 0.321 e. The van der Waals surface area contributed by atoms with Crippen molar-refractivity contribution in [1.29, 1.82) is 0 Å². The summed E-state index contributed by atoms with van der Waals surface area (Å²) in [5.41, 5.74) is 1.66. The maximum Gasteiger partial charge on any atom is 0.321 e. The number of nitrogens with zero attached hydrogens (tertiary/aromatic N) is 1. The number of ether oxygens (including phenoxy) is 1. The van der Waals surface area contributed by atoms with Gasteiger partial charge in [-0.05, 0) is 30.2 Å². The van der Waals surface area contributed by atoms with Crippen LogP contribution in [0.2, 0.25) is 10.0 Å². The third kappa shape index (κ3) is 4.52. The molecule has 2 aromatic carbocycles. The molecule has 134 valence electrons. The van der Waals surface area contributed by atoms with Crippen molar-refractivity contribution in [2.24, 2.45) is 0 Å². The van der Waals surface area contributed by atoms with E-state index < -0.39 is 22.5 Å². The Morgan fingerprint density at radius 3 is 2.24 bits per heavy atom. The minimum atomic E-state index is -4.11. The van der Waals surface area contributed by atoms with Crippen LogP contribution in [-0.4, -0.2) is 32.3 Å². The fraction of sp³-hybridized carbons (Fsp3) is 0.235. The number of rotatable bonds is 6. The first-order valence-electron chi connectivity index (χ1n) is 7.33. The lowest BCUT2D eigenvalue weighted by atomic mass is 10.1. The quantitative estimate of drug-likeness (QED) is 0.692. The minimum Gasteiger partial charge on any atom is -0.468 e. The number of aryl methyl sites for hydroxylation is 1. The van der Waals surface area contributed by atoms with Crippen LogP contribution in [0, 0.1) is 6.92 Å². The van der Waals surface area contributed by atoms with Gasteiger partial charge >= 0.3 is 5.97 Å². The van der Waals surface area contributed by atoms with Crippen molar-refractivity contribution in [1.82, 2.24) is 4.31 Å². The van der Waals surface area contributed by atoms with E-state index in [2.05, 4.69) is 4.74 Å². The third-order valence-electron chi connectivity index (χ3n) is 3.66. The minimum absolute atomic E-state index is 0.00727. The second-order valence-electron chi connectivity index (χ2n) is 5.33. The molecule has 0 saturated carbocycles. The summed E-state index contributed by atoms with van der Waals surface area (Å²) in [7, 11) is -2.92. The molecule has 0 aromatic heterocycles. The first kappa shape index (κ1) is 19.7. The van der Waals surface area contributed by atoms with E-state index in [1.54, 1.807) is 18.2 Å². The maximum absolute atomic E-state index is 13.1. The number of hydrogen-bond donors (Lipinski definition) is 0. The SMILES string of the molecule is COC(=O)CN(Cc1ccccc1C)S(=O)(=O)c1c(Cl)cccc1Cl. The molecule has 0 fully saturated rings. The number of halogens is 2. The molecular weight excluding hydrogens is 385 g/mol. The van der Waals surface area contributed by atoms with E-state index in [-0.39, 0.29) is 21.5 Å². The van der Waals surface area contributed by atoms with Gasteiger partial charge in [0.2, 0.25) is 10.0 Å². The van der Waals surface area contributed by atoms with E-state index in [0.29, 0.717) is 0 Å². The number of benzene rings is 2. The van der Waals surface area contributed by atoms with Gasteiger partial charge in [0.05, 0.1) is 17.2 Å². The summed E-state index contributed by atoms with van der Waals surface area (Å²) in [6.07, 6.45) is 0. The predicted octanol–water partition coefficient (Wildman–Crippen LogP) is 3.67. The van der Waals surface area contributed by atoms with Crippen LogP contribution in [0.15, 0.2) is 47.4 Å². The molecule has 0 N–H and O–H groups in total. The molecule has 0 aliphatic carbocycles. The second-order valence-corrected chi connectivity index (χ2v) is 8.02. The largest absolute Gasteiger partial charge is 0.468 e. The molecule has 0 heterocycles. The van der Waals surface area contributed by atoms with Crippen molar-refractivity contribution in [3.63, 3.8) is 0 Å².